The molecule has 0 heterocycles. The molecule has 0 aliphatic carbocycles. The Morgan fingerprint density at radius 3 is 2.38 bits per heavy atom. The number of carboxylic acid groups (broad SMARTS) is 2. The summed E-state index contributed by atoms with van der Waals surface area (Å²) < 4.78 is 2.70. The highest BCUT2D eigenvalue weighted by molar-refractivity contribution is 7.97. The van der Waals surface area contributed by atoms with E-state index in [2.05, 4.69) is 34.6 Å². The molecule has 0 fully saturated rings. The molecule has 0 unspecified atom stereocenters. The van der Waals surface area contributed by atoms with Crippen molar-refractivity contribution in [3.05, 3.63) is 12.7 Å². The highest BCUT2D eigenvalue weighted by Crippen LogP contribution is 2.04. The van der Waals surface area contributed by atoms with Gasteiger partial charge in [-0.05, 0) is 6.42 Å². The number of hydrogen-bond acceptors (Lipinski definition) is 7. The summed E-state index contributed by atoms with van der Waals surface area (Å²) in [6.07, 6.45) is 1.52. The van der Waals surface area contributed by atoms with Crippen molar-refractivity contribution in [3.8, 4) is 0 Å². The average molecular weight is 379 g/mol. The van der Waals surface area contributed by atoms with Gasteiger partial charge in [0, 0.05) is 17.9 Å². The van der Waals surface area contributed by atoms with Crippen LogP contribution in [0.1, 0.15) is 12.8 Å². The first-order chi connectivity index (χ1) is 11.3. The van der Waals surface area contributed by atoms with Crippen LogP contribution >= 0.6 is 24.6 Å². The number of aliphatic carboxylic acids is 2. The summed E-state index contributed by atoms with van der Waals surface area (Å²) in [4.78, 5) is 45.0. The third kappa shape index (κ3) is 10.1. The number of amides is 2. The Kier molecular flexibility index (Phi) is 11.8. The molecule has 11 heteroatoms. The quantitative estimate of drug-likeness (QED) is 0.106. The van der Waals surface area contributed by atoms with Gasteiger partial charge < -0.3 is 20.8 Å². The molecule has 0 aromatic heterocycles. The highest BCUT2D eigenvalue weighted by Gasteiger charge is 2.22. The zero-order chi connectivity index (χ0) is 18.5. The Morgan fingerprint density at radius 1 is 1.21 bits per heavy atom. The van der Waals surface area contributed by atoms with Crippen LogP contribution in [0.3, 0.4) is 0 Å². The summed E-state index contributed by atoms with van der Waals surface area (Å²) in [5.74, 6) is -3.00. The molecule has 0 spiro atoms. The van der Waals surface area contributed by atoms with E-state index in [0.29, 0.717) is 5.75 Å². The van der Waals surface area contributed by atoms with Gasteiger partial charge in [-0.1, -0.05) is 18.0 Å². The summed E-state index contributed by atoms with van der Waals surface area (Å²) >= 11 is 5.09. The molecule has 0 aromatic carbocycles. The van der Waals surface area contributed by atoms with E-state index in [1.807, 2.05) is 0 Å². The molecule has 136 valence electrons. The Balaban J connectivity index is 4.36. The van der Waals surface area contributed by atoms with Crippen LogP contribution in [0, 0.1) is 0 Å². The minimum atomic E-state index is -1.21. The van der Waals surface area contributed by atoms with Gasteiger partial charge >= 0.3 is 11.9 Å². The maximum absolute atomic E-state index is 11.8. The van der Waals surface area contributed by atoms with E-state index in [-0.39, 0.29) is 18.6 Å². The van der Waals surface area contributed by atoms with Crippen LogP contribution in [-0.4, -0.2) is 64.1 Å². The fourth-order valence-electron chi connectivity index (χ4n) is 1.46. The molecule has 2 atom stereocenters. The third-order valence-corrected chi connectivity index (χ3v) is 3.85. The standard InChI is InChI=1S/C13H21N3O6S2/c1-2-5-24-16-8(13(21)22)3-4-10(17)15-9(7-23)12(20)14-6-11(18)19/h2,8-9,16,23H,1,3-7H2,(H,14,20)(H,15,17)(H,18,19)(H,21,22)/t8-,9-/m0/s1. The number of nitrogens with one attached hydrogen (secondary N) is 3. The van der Waals surface area contributed by atoms with Gasteiger partial charge in [0.2, 0.25) is 11.8 Å². The van der Waals surface area contributed by atoms with Crippen molar-refractivity contribution in [2.24, 2.45) is 0 Å². The Morgan fingerprint density at radius 2 is 1.88 bits per heavy atom. The second kappa shape index (κ2) is 12.7. The van der Waals surface area contributed by atoms with Gasteiger partial charge in [0.25, 0.3) is 0 Å². The van der Waals surface area contributed by atoms with E-state index in [1.165, 1.54) is 0 Å². The maximum atomic E-state index is 11.8. The molecular weight excluding hydrogens is 358 g/mol. The number of thiol groups is 1. The molecule has 2 amide bonds. The normalized spacial score (nSPS) is 12.7. The molecule has 0 bridgehead atoms. The number of carbonyl (C=O) groups is 4. The zero-order valence-corrected chi connectivity index (χ0v) is 14.6. The minimum absolute atomic E-state index is 0.0208. The van der Waals surface area contributed by atoms with Crippen molar-refractivity contribution in [1.29, 1.82) is 0 Å². The second-order valence-electron chi connectivity index (χ2n) is 4.56. The fraction of sp³-hybridized carbons (Fsp3) is 0.538. The fourth-order valence-corrected chi connectivity index (χ4v) is 2.35. The van der Waals surface area contributed by atoms with Crippen molar-refractivity contribution < 1.29 is 29.4 Å². The van der Waals surface area contributed by atoms with Gasteiger partial charge in [0.15, 0.2) is 0 Å². The van der Waals surface area contributed by atoms with Gasteiger partial charge in [0.1, 0.15) is 18.6 Å². The highest BCUT2D eigenvalue weighted by atomic mass is 32.2. The molecule has 0 radical (unpaired) electrons. The lowest BCUT2D eigenvalue weighted by molar-refractivity contribution is -0.139. The first kappa shape index (κ1) is 22.3. The zero-order valence-electron chi connectivity index (χ0n) is 12.9. The van der Waals surface area contributed by atoms with Crippen LogP contribution < -0.4 is 15.4 Å². The summed E-state index contributed by atoms with van der Waals surface area (Å²) in [7, 11) is 0. The largest absolute Gasteiger partial charge is 0.480 e. The van der Waals surface area contributed by atoms with Gasteiger partial charge in [0.05, 0.1) is 0 Å². The van der Waals surface area contributed by atoms with E-state index in [9.17, 15) is 19.2 Å². The van der Waals surface area contributed by atoms with Crippen LogP contribution in [0.25, 0.3) is 0 Å². The van der Waals surface area contributed by atoms with Crippen molar-refractivity contribution in [2.45, 2.75) is 24.9 Å². The predicted octanol–water partition coefficient (Wildman–Crippen LogP) is -0.741. The number of hydrogen-bond donors (Lipinski definition) is 6. The number of rotatable bonds is 13. The molecule has 0 rings (SSSR count). The first-order valence-corrected chi connectivity index (χ1v) is 8.54. The molecule has 0 aliphatic rings. The smallest absolute Gasteiger partial charge is 0.322 e. The number of carboxylic acids is 2. The van der Waals surface area contributed by atoms with E-state index in [0.717, 1.165) is 11.9 Å². The lowest BCUT2D eigenvalue weighted by Crippen LogP contribution is -2.49. The Bertz CT molecular complexity index is 475. The average Bonchev–Trinajstić information content (AvgIpc) is 2.53. The van der Waals surface area contributed by atoms with Crippen LogP contribution in [0.5, 0.6) is 0 Å². The Hall–Kier alpha value is -1.72. The molecular formula is C13H21N3O6S2. The van der Waals surface area contributed by atoms with Crippen molar-refractivity contribution in [1.82, 2.24) is 15.4 Å². The van der Waals surface area contributed by atoms with Gasteiger partial charge in [-0.2, -0.15) is 12.6 Å². The van der Waals surface area contributed by atoms with E-state index >= 15 is 0 Å². The van der Waals surface area contributed by atoms with Crippen molar-refractivity contribution >= 4 is 48.3 Å². The van der Waals surface area contributed by atoms with Gasteiger partial charge in [-0.3, -0.25) is 19.2 Å². The second-order valence-corrected chi connectivity index (χ2v) is 5.78. The molecule has 24 heavy (non-hydrogen) atoms. The molecule has 0 saturated carbocycles. The molecule has 9 nitrogen and oxygen atoms in total. The van der Waals surface area contributed by atoms with Crippen LogP contribution in [0.4, 0.5) is 0 Å². The van der Waals surface area contributed by atoms with Crippen molar-refractivity contribution in [3.63, 3.8) is 0 Å². The third-order valence-electron chi connectivity index (χ3n) is 2.63. The monoisotopic (exact) mass is 379 g/mol. The number of carbonyl (C=O) groups excluding carboxylic acids is 2. The minimum Gasteiger partial charge on any atom is -0.480 e. The van der Waals surface area contributed by atoms with E-state index in [1.54, 1.807) is 6.08 Å². The summed E-state index contributed by atoms with van der Waals surface area (Å²) in [6.45, 7) is 2.94. The maximum Gasteiger partial charge on any atom is 0.322 e. The SMILES string of the molecule is C=CCSN[C@@H](CCC(=O)N[C@@H](CS)C(=O)NCC(=O)O)C(=O)O. The van der Waals surface area contributed by atoms with E-state index in [4.69, 9.17) is 10.2 Å². The van der Waals surface area contributed by atoms with Crippen molar-refractivity contribution in [2.75, 3.05) is 18.1 Å². The lowest BCUT2D eigenvalue weighted by Gasteiger charge is -2.17. The Labute approximate surface area is 149 Å². The molecule has 0 saturated heterocycles. The predicted molar refractivity (Wildman–Crippen MR) is 92.9 cm³/mol. The first-order valence-electron chi connectivity index (χ1n) is 6.92. The summed E-state index contributed by atoms with van der Waals surface area (Å²) in [6, 6.07) is -1.91. The molecule has 0 aliphatic heterocycles. The van der Waals surface area contributed by atoms with Gasteiger partial charge in [-0.25, -0.2) is 4.72 Å². The van der Waals surface area contributed by atoms with Crippen LogP contribution in [0.2, 0.25) is 0 Å². The summed E-state index contributed by atoms with van der Waals surface area (Å²) in [5.41, 5.74) is 0. The molecule has 5 N–H and O–H groups in total. The van der Waals surface area contributed by atoms with Crippen LogP contribution in [-0.2, 0) is 19.2 Å². The topological polar surface area (TPSA) is 145 Å². The summed E-state index contributed by atoms with van der Waals surface area (Å²) in [5, 5.41) is 22.1. The van der Waals surface area contributed by atoms with Gasteiger partial charge in [-0.15, -0.1) is 6.58 Å². The van der Waals surface area contributed by atoms with E-state index < -0.39 is 42.4 Å². The van der Waals surface area contributed by atoms with Crippen LogP contribution in [0.15, 0.2) is 12.7 Å². The lowest BCUT2D eigenvalue weighted by atomic mass is 10.1. The molecule has 0 aromatic rings.